The second-order valence-corrected chi connectivity index (χ2v) is 7.66. The molecule has 0 radical (unpaired) electrons. The minimum Gasteiger partial charge on any atom is -0.453 e. The lowest BCUT2D eigenvalue weighted by atomic mass is 9.64. The van der Waals surface area contributed by atoms with Crippen LogP contribution in [0.2, 0.25) is 0 Å². The van der Waals surface area contributed by atoms with Crippen molar-refractivity contribution in [1.29, 1.82) is 0 Å². The maximum absolute atomic E-state index is 12.6. The molecule has 0 spiro atoms. The van der Waals surface area contributed by atoms with E-state index in [1.807, 2.05) is 19.1 Å². The number of carbonyl (C=O) groups excluding carboxylic acids is 2. The number of aliphatic hydroxyl groups is 1. The van der Waals surface area contributed by atoms with Crippen molar-refractivity contribution in [3.05, 3.63) is 12.2 Å². The van der Waals surface area contributed by atoms with Crippen LogP contribution < -0.4 is 5.32 Å². The lowest BCUT2D eigenvalue weighted by molar-refractivity contribution is -0.238. The maximum Gasteiger partial charge on any atom is 0.339 e. The number of ether oxygens (including phenoxy) is 1. The second kappa shape index (κ2) is 6.51. The molecule has 24 heavy (non-hydrogen) atoms. The summed E-state index contributed by atoms with van der Waals surface area (Å²) >= 11 is 0. The van der Waals surface area contributed by atoms with E-state index in [-0.39, 0.29) is 17.7 Å². The number of aliphatic hydroxyl groups excluding tert-OH is 1. The number of esters is 1. The molecule has 0 aromatic heterocycles. The summed E-state index contributed by atoms with van der Waals surface area (Å²) in [4.78, 5) is 24.9. The summed E-state index contributed by atoms with van der Waals surface area (Å²) in [7, 11) is 0. The van der Waals surface area contributed by atoms with Crippen molar-refractivity contribution < 1.29 is 19.4 Å². The first-order chi connectivity index (χ1) is 11.5. The standard InChI is InChI=1S/C19H29NO4/c1-3-4-5-9-12-14-16(22)20-19(17(23)24-18(14,19)2)15(21)13-10-7-6-8-11-13/h7,10,13-15,21H,3-6,8-9,11-12H2,1-2H3,(H,20,22)/t13-,14+,15?,18+,19+/m1/s1. The third-order valence-corrected chi connectivity index (χ3v) is 6.20. The average Bonchev–Trinajstić information content (AvgIpc) is 2.76. The first-order valence-corrected chi connectivity index (χ1v) is 9.37. The maximum atomic E-state index is 12.6. The fourth-order valence-corrected chi connectivity index (χ4v) is 4.66. The molecule has 3 aliphatic rings. The molecule has 0 bridgehead atoms. The van der Waals surface area contributed by atoms with Crippen LogP contribution in [-0.4, -0.2) is 34.2 Å². The van der Waals surface area contributed by atoms with E-state index in [9.17, 15) is 14.7 Å². The van der Waals surface area contributed by atoms with Gasteiger partial charge in [0.15, 0.2) is 5.60 Å². The number of hydrogen-bond acceptors (Lipinski definition) is 4. The van der Waals surface area contributed by atoms with E-state index in [4.69, 9.17) is 4.74 Å². The van der Waals surface area contributed by atoms with Crippen LogP contribution in [0.15, 0.2) is 12.2 Å². The summed E-state index contributed by atoms with van der Waals surface area (Å²) in [5.74, 6) is -1.11. The van der Waals surface area contributed by atoms with Gasteiger partial charge in [0.25, 0.3) is 0 Å². The van der Waals surface area contributed by atoms with Crippen molar-refractivity contribution in [2.75, 3.05) is 0 Å². The number of nitrogens with one attached hydrogen (secondary N) is 1. The number of amides is 1. The van der Waals surface area contributed by atoms with E-state index in [2.05, 4.69) is 12.2 Å². The normalized spacial score (nSPS) is 39.0. The second-order valence-electron chi connectivity index (χ2n) is 7.66. The number of unbranched alkanes of at least 4 members (excludes halogenated alkanes) is 3. The summed E-state index contributed by atoms with van der Waals surface area (Å²) in [6.07, 6.45) is 10.9. The molecule has 5 atom stereocenters. The highest BCUT2D eigenvalue weighted by molar-refractivity contribution is 6.01. The van der Waals surface area contributed by atoms with Gasteiger partial charge in [-0.15, -0.1) is 0 Å². The van der Waals surface area contributed by atoms with Crippen molar-refractivity contribution in [3.63, 3.8) is 0 Å². The van der Waals surface area contributed by atoms with Gasteiger partial charge in [-0.3, -0.25) is 4.79 Å². The summed E-state index contributed by atoms with van der Waals surface area (Å²) in [5, 5.41) is 13.8. The monoisotopic (exact) mass is 335 g/mol. The smallest absolute Gasteiger partial charge is 0.339 e. The van der Waals surface area contributed by atoms with Crippen molar-refractivity contribution in [3.8, 4) is 0 Å². The van der Waals surface area contributed by atoms with Gasteiger partial charge in [-0.05, 0) is 32.6 Å². The van der Waals surface area contributed by atoms with Crippen LogP contribution in [0.4, 0.5) is 0 Å². The molecule has 5 heteroatoms. The zero-order chi connectivity index (χ0) is 17.4. The number of allylic oxidation sites excluding steroid dienone is 1. The predicted molar refractivity (Wildman–Crippen MR) is 90.1 cm³/mol. The highest BCUT2D eigenvalue weighted by Crippen LogP contribution is 2.53. The Kier molecular flexibility index (Phi) is 4.73. The molecule has 1 unspecified atom stereocenters. The molecule has 0 saturated carbocycles. The predicted octanol–water partition coefficient (Wildman–Crippen LogP) is 2.47. The van der Waals surface area contributed by atoms with Crippen LogP contribution in [0.25, 0.3) is 0 Å². The molecule has 134 valence electrons. The van der Waals surface area contributed by atoms with Crippen LogP contribution in [0.5, 0.6) is 0 Å². The fraction of sp³-hybridized carbons (Fsp3) is 0.789. The van der Waals surface area contributed by atoms with Crippen LogP contribution in [0, 0.1) is 11.8 Å². The van der Waals surface area contributed by atoms with Gasteiger partial charge in [0.05, 0.1) is 12.0 Å². The van der Waals surface area contributed by atoms with Crippen LogP contribution in [0.3, 0.4) is 0 Å². The minimum absolute atomic E-state index is 0.106. The molecule has 2 N–H and O–H groups in total. The van der Waals surface area contributed by atoms with Gasteiger partial charge in [-0.25, -0.2) is 4.79 Å². The van der Waals surface area contributed by atoms with Crippen molar-refractivity contribution in [2.45, 2.75) is 82.5 Å². The largest absolute Gasteiger partial charge is 0.453 e. The van der Waals surface area contributed by atoms with E-state index < -0.39 is 23.2 Å². The molecule has 2 fully saturated rings. The van der Waals surface area contributed by atoms with E-state index in [0.717, 1.165) is 44.9 Å². The van der Waals surface area contributed by atoms with Gasteiger partial charge in [0.1, 0.15) is 0 Å². The summed E-state index contributed by atoms with van der Waals surface area (Å²) in [6.45, 7) is 3.96. The molecule has 1 amide bonds. The quantitative estimate of drug-likeness (QED) is 0.426. The third kappa shape index (κ3) is 2.40. The van der Waals surface area contributed by atoms with E-state index in [1.165, 1.54) is 0 Å². The summed E-state index contributed by atoms with van der Waals surface area (Å²) in [6, 6.07) is 0. The molecule has 2 heterocycles. The Balaban J connectivity index is 1.79. The SMILES string of the molecule is CCCCCC[C@H]1C(=O)N[C@@]2(C(O)[C@@H]3C=CCCC3)C(=O)O[C@@]12C. The zero-order valence-corrected chi connectivity index (χ0v) is 14.7. The zero-order valence-electron chi connectivity index (χ0n) is 14.7. The molecule has 3 rings (SSSR count). The molecule has 0 aromatic rings. The van der Waals surface area contributed by atoms with Gasteiger partial charge in [-0.2, -0.15) is 0 Å². The van der Waals surface area contributed by atoms with E-state index in [1.54, 1.807) is 0 Å². The first-order valence-electron chi connectivity index (χ1n) is 9.37. The van der Waals surface area contributed by atoms with Gasteiger partial charge < -0.3 is 15.2 Å². The molecular weight excluding hydrogens is 306 g/mol. The first kappa shape index (κ1) is 17.5. The highest BCUT2D eigenvalue weighted by Gasteiger charge is 2.79. The Morgan fingerprint density at radius 2 is 2.17 bits per heavy atom. The Labute approximate surface area is 143 Å². The van der Waals surface area contributed by atoms with Gasteiger partial charge >= 0.3 is 5.97 Å². The van der Waals surface area contributed by atoms with Crippen molar-refractivity contribution in [1.82, 2.24) is 5.32 Å². The van der Waals surface area contributed by atoms with Gasteiger partial charge in [0, 0.05) is 5.92 Å². The summed E-state index contributed by atoms with van der Waals surface area (Å²) < 4.78 is 5.50. The fourth-order valence-electron chi connectivity index (χ4n) is 4.66. The topological polar surface area (TPSA) is 75.6 Å². The lowest BCUT2D eigenvalue weighted by Gasteiger charge is -2.54. The Bertz CT molecular complexity index is 545. The van der Waals surface area contributed by atoms with E-state index >= 15 is 0 Å². The third-order valence-electron chi connectivity index (χ3n) is 6.20. The minimum atomic E-state index is -1.27. The molecule has 5 nitrogen and oxygen atoms in total. The van der Waals surface area contributed by atoms with Crippen LogP contribution in [-0.2, 0) is 14.3 Å². The molecule has 2 aliphatic heterocycles. The van der Waals surface area contributed by atoms with Crippen molar-refractivity contribution in [2.24, 2.45) is 11.8 Å². The Morgan fingerprint density at radius 1 is 1.38 bits per heavy atom. The number of carbonyl (C=O) groups is 2. The Hall–Kier alpha value is -1.36. The molecule has 2 saturated heterocycles. The van der Waals surface area contributed by atoms with Crippen LogP contribution in [0.1, 0.15) is 65.2 Å². The van der Waals surface area contributed by atoms with Gasteiger partial charge in [0.2, 0.25) is 11.4 Å². The average molecular weight is 335 g/mol. The molecule has 0 aromatic carbocycles. The lowest BCUT2D eigenvalue weighted by Crippen LogP contribution is -2.80. The number of rotatable bonds is 7. The van der Waals surface area contributed by atoms with Crippen LogP contribution >= 0.6 is 0 Å². The van der Waals surface area contributed by atoms with Gasteiger partial charge in [-0.1, -0.05) is 44.8 Å². The Morgan fingerprint density at radius 3 is 2.79 bits per heavy atom. The highest BCUT2D eigenvalue weighted by atomic mass is 16.6. The summed E-state index contributed by atoms with van der Waals surface area (Å²) in [5.41, 5.74) is -2.20. The molecule has 1 aliphatic carbocycles. The van der Waals surface area contributed by atoms with Crippen molar-refractivity contribution >= 4 is 11.9 Å². The van der Waals surface area contributed by atoms with E-state index in [0.29, 0.717) is 6.42 Å². The number of fused-ring (bicyclic) bond motifs is 1. The molecular formula is C19H29NO4. The number of hydrogen-bond donors (Lipinski definition) is 2.